The van der Waals surface area contributed by atoms with Gasteiger partial charge in [-0.1, -0.05) is 12.8 Å². The van der Waals surface area contributed by atoms with Crippen molar-refractivity contribution in [2.75, 3.05) is 7.05 Å². The summed E-state index contributed by atoms with van der Waals surface area (Å²) in [6.45, 7) is 6.82. The predicted molar refractivity (Wildman–Crippen MR) is 59.5 cm³/mol. The van der Waals surface area contributed by atoms with Crippen LogP contribution < -0.4 is 5.32 Å². The summed E-state index contributed by atoms with van der Waals surface area (Å²) in [7, 11) is 0.709. The summed E-state index contributed by atoms with van der Waals surface area (Å²) >= 11 is 0. The van der Waals surface area contributed by atoms with Gasteiger partial charge in [0.25, 0.3) is 0 Å². The van der Waals surface area contributed by atoms with Gasteiger partial charge in [-0.15, -0.1) is 0 Å². The summed E-state index contributed by atoms with van der Waals surface area (Å²) < 4.78 is 6.16. The highest BCUT2D eigenvalue weighted by Gasteiger charge is 2.28. The van der Waals surface area contributed by atoms with Crippen molar-refractivity contribution >= 4 is 8.32 Å². The Hall–Kier alpha value is 0.137. The lowest BCUT2D eigenvalue weighted by molar-refractivity contribution is 0.111. The molecule has 78 valence electrons. The molecule has 0 amide bonds. The van der Waals surface area contributed by atoms with Crippen LogP contribution in [0.4, 0.5) is 0 Å². The minimum absolute atomic E-state index is 0.477. The summed E-state index contributed by atoms with van der Waals surface area (Å²) in [6.07, 6.45) is 5.71. The molecular weight excluding hydrogens is 178 g/mol. The van der Waals surface area contributed by atoms with Crippen LogP contribution in [0.2, 0.25) is 19.6 Å². The lowest BCUT2D eigenvalue weighted by Gasteiger charge is -2.35. The second-order valence-electron chi connectivity index (χ2n) is 4.95. The Balaban J connectivity index is 2.45. The highest BCUT2D eigenvalue weighted by Crippen LogP contribution is 2.23. The third-order valence-corrected chi connectivity index (χ3v) is 3.59. The third-order valence-electron chi connectivity index (χ3n) is 2.58. The van der Waals surface area contributed by atoms with Crippen LogP contribution in [-0.2, 0) is 4.43 Å². The molecule has 0 aromatic heterocycles. The summed E-state index contributed by atoms with van der Waals surface area (Å²) in [4.78, 5) is 0. The van der Waals surface area contributed by atoms with Crippen molar-refractivity contribution in [1.82, 2.24) is 5.32 Å². The average molecular weight is 201 g/mol. The molecule has 0 aliphatic heterocycles. The van der Waals surface area contributed by atoms with Crippen molar-refractivity contribution in [2.24, 2.45) is 0 Å². The van der Waals surface area contributed by atoms with Gasteiger partial charge in [-0.2, -0.15) is 0 Å². The maximum atomic E-state index is 6.16. The van der Waals surface area contributed by atoms with E-state index in [1.807, 2.05) is 0 Å². The largest absolute Gasteiger partial charge is 0.413 e. The monoisotopic (exact) mass is 201 g/mol. The molecule has 3 heteroatoms. The zero-order valence-electron chi connectivity index (χ0n) is 9.39. The Bertz CT molecular complexity index is 155. The molecule has 0 aromatic rings. The van der Waals surface area contributed by atoms with Gasteiger partial charge in [-0.3, -0.25) is 0 Å². The van der Waals surface area contributed by atoms with Crippen LogP contribution in [0.5, 0.6) is 0 Å². The highest BCUT2D eigenvalue weighted by atomic mass is 28.4. The molecule has 13 heavy (non-hydrogen) atoms. The second kappa shape index (κ2) is 4.58. The molecule has 1 aliphatic carbocycles. The summed E-state index contributed by atoms with van der Waals surface area (Å²) in [6, 6.07) is 0.598. The lowest BCUT2D eigenvalue weighted by atomic mass is 9.93. The van der Waals surface area contributed by atoms with Crippen molar-refractivity contribution in [1.29, 1.82) is 0 Å². The maximum Gasteiger partial charge on any atom is 0.184 e. The zero-order chi connectivity index (χ0) is 9.90. The molecule has 0 saturated heterocycles. The molecule has 2 atom stereocenters. The Morgan fingerprint density at radius 3 is 2.31 bits per heavy atom. The van der Waals surface area contributed by atoms with Crippen LogP contribution in [0.25, 0.3) is 0 Å². The van der Waals surface area contributed by atoms with E-state index in [1.54, 1.807) is 0 Å². The third kappa shape index (κ3) is 3.79. The van der Waals surface area contributed by atoms with Crippen molar-refractivity contribution in [3.63, 3.8) is 0 Å². The first kappa shape index (κ1) is 11.2. The fraction of sp³-hybridized carbons (Fsp3) is 1.00. The number of likely N-dealkylation sites (N-methyl/N-ethyl adjacent to an activating group) is 1. The molecule has 0 spiro atoms. The van der Waals surface area contributed by atoms with Gasteiger partial charge in [0.1, 0.15) is 0 Å². The Kier molecular flexibility index (Phi) is 3.95. The summed E-state index contributed by atoms with van der Waals surface area (Å²) in [5.74, 6) is 0. The number of hydrogen-bond acceptors (Lipinski definition) is 2. The van der Waals surface area contributed by atoms with E-state index in [2.05, 4.69) is 32.0 Å². The first-order valence-electron chi connectivity index (χ1n) is 5.38. The van der Waals surface area contributed by atoms with E-state index < -0.39 is 8.32 Å². The van der Waals surface area contributed by atoms with E-state index in [0.29, 0.717) is 12.1 Å². The topological polar surface area (TPSA) is 21.3 Å². The fourth-order valence-corrected chi connectivity index (χ4v) is 3.21. The molecular formula is C10H23NOSi. The van der Waals surface area contributed by atoms with Crippen LogP contribution >= 0.6 is 0 Å². The predicted octanol–water partition coefficient (Wildman–Crippen LogP) is 2.37. The normalized spacial score (nSPS) is 30.5. The van der Waals surface area contributed by atoms with E-state index >= 15 is 0 Å². The lowest BCUT2D eigenvalue weighted by Crippen LogP contribution is -2.46. The minimum Gasteiger partial charge on any atom is -0.413 e. The van der Waals surface area contributed by atoms with E-state index in [1.165, 1.54) is 25.7 Å². The van der Waals surface area contributed by atoms with Crippen molar-refractivity contribution in [3.05, 3.63) is 0 Å². The fourth-order valence-electron chi connectivity index (χ4n) is 2.02. The quantitative estimate of drug-likeness (QED) is 0.708. The maximum absolute atomic E-state index is 6.16. The number of hydrogen-bond donors (Lipinski definition) is 1. The molecule has 1 saturated carbocycles. The van der Waals surface area contributed by atoms with Gasteiger partial charge in [0.05, 0.1) is 6.10 Å². The van der Waals surface area contributed by atoms with Crippen LogP contribution in [0, 0.1) is 0 Å². The first-order valence-corrected chi connectivity index (χ1v) is 8.79. The summed E-state index contributed by atoms with van der Waals surface area (Å²) in [5, 5.41) is 3.37. The van der Waals surface area contributed by atoms with Crippen LogP contribution in [0.1, 0.15) is 25.7 Å². The van der Waals surface area contributed by atoms with Crippen molar-refractivity contribution in [3.8, 4) is 0 Å². The number of rotatable bonds is 3. The Morgan fingerprint density at radius 2 is 1.77 bits per heavy atom. The van der Waals surface area contributed by atoms with E-state index in [9.17, 15) is 0 Å². The SMILES string of the molecule is CNC1CCCCC1O[Si](C)(C)C. The summed E-state index contributed by atoms with van der Waals surface area (Å²) in [5.41, 5.74) is 0. The van der Waals surface area contributed by atoms with Crippen molar-refractivity contribution in [2.45, 2.75) is 57.5 Å². The average Bonchev–Trinajstić information content (AvgIpc) is 2.02. The molecule has 1 aliphatic rings. The van der Waals surface area contributed by atoms with Gasteiger partial charge in [-0.25, -0.2) is 0 Å². The Labute approximate surface area is 83.2 Å². The Morgan fingerprint density at radius 1 is 1.15 bits per heavy atom. The molecule has 0 heterocycles. The standard InChI is InChI=1S/C10H23NOSi/c1-11-9-7-5-6-8-10(9)12-13(2,3)4/h9-11H,5-8H2,1-4H3. The smallest absolute Gasteiger partial charge is 0.184 e. The van der Waals surface area contributed by atoms with Gasteiger partial charge >= 0.3 is 0 Å². The number of nitrogens with one attached hydrogen (secondary N) is 1. The molecule has 1 rings (SSSR count). The minimum atomic E-state index is -1.34. The van der Waals surface area contributed by atoms with E-state index in [-0.39, 0.29) is 0 Å². The molecule has 0 bridgehead atoms. The van der Waals surface area contributed by atoms with E-state index in [0.717, 1.165) is 0 Å². The molecule has 2 nitrogen and oxygen atoms in total. The van der Waals surface area contributed by atoms with Crippen LogP contribution in [0.15, 0.2) is 0 Å². The second-order valence-corrected chi connectivity index (χ2v) is 9.41. The molecule has 1 fully saturated rings. The molecule has 0 aromatic carbocycles. The van der Waals surface area contributed by atoms with Gasteiger partial charge in [0.15, 0.2) is 8.32 Å². The first-order chi connectivity index (χ1) is 6.03. The van der Waals surface area contributed by atoms with Gasteiger partial charge in [0, 0.05) is 6.04 Å². The van der Waals surface area contributed by atoms with Gasteiger partial charge in [0.2, 0.25) is 0 Å². The van der Waals surface area contributed by atoms with Gasteiger partial charge < -0.3 is 9.74 Å². The van der Waals surface area contributed by atoms with E-state index in [4.69, 9.17) is 4.43 Å². The molecule has 0 radical (unpaired) electrons. The molecule has 1 N–H and O–H groups in total. The van der Waals surface area contributed by atoms with Crippen molar-refractivity contribution < 1.29 is 4.43 Å². The zero-order valence-corrected chi connectivity index (χ0v) is 10.4. The van der Waals surface area contributed by atoms with Gasteiger partial charge in [-0.05, 0) is 39.5 Å². The molecule has 2 unspecified atom stereocenters. The highest BCUT2D eigenvalue weighted by molar-refractivity contribution is 6.69. The van der Waals surface area contributed by atoms with Crippen LogP contribution in [-0.4, -0.2) is 27.5 Å². The van der Waals surface area contributed by atoms with Crippen LogP contribution in [0.3, 0.4) is 0 Å².